The van der Waals surface area contributed by atoms with Crippen LogP contribution in [0, 0.1) is 6.92 Å². The third-order valence-corrected chi connectivity index (χ3v) is 3.05. The van der Waals surface area contributed by atoms with Crippen molar-refractivity contribution < 1.29 is 4.79 Å². The molecule has 0 saturated carbocycles. The zero-order chi connectivity index (χ0) is 14.5. The van der Waals surface area contributed by atoms with Crippen LogP contribution in [0.4, 0.5) is 0 Å². The van der Waals surface area contributed by atoms with Crippen molar-refractivity contribution in [3.8, 4) is 0 Å². The molecule has 106 valence electrons. The van der Waals surface area contributed by atoms with Gasteiger partial charge >= 0.3 is 0 Å². The van der Waals surface area contributed by atoms with Crippen LogP contribution in [0.15, 0.2) is 30.5 Å². The predicted molar refractivity (Wildman–Crippen MR) is 76.1 cm³/mol. The summed E-state index contributed by atoms with van der Waals surface area (Å²) >= 11 is 0. The Labute approximate surface area is 118 Å². The first-order chi connectivity index (χ1) is 9.60. The van der Waals surface area contributed by atoms with Crippen LogP contribution in [0.1, 0.15) is 34.6 Å². The second-order valence-corrected chi connectivity index (χ2v) is 4.76. The minimum absolute atomic E-state index is 0.0808. The van der Waals surface area contributed by atoms with Crippen LogP contribution in [0.3, 0.4) is 0 Å². The molecule has 0 fully saturated rings. The van der Waals surface area contributed by atoms with Crippen molar-refractivity contribution in [3.63, 3.8) is 0 Å². The highest BCUT2D eigenvalue weighted by Crippen LogP contribution is 2.13. The number of nitrogens with two attached hydrogens (primary N) is 1. The van der Waals surface area contributed by atoms with E-state index in [1.54, 1.807) is 10.9 Å². The SMILES string of the molecule is Cc1ccc([C@@H](C)NC(=O)c2cn(CCN)nn2)cc1. The first-order valence-electron chi connectivity index (χ1n) is 6.58. The van der Waals surface area contributed by atoms with Crippen molar-refractivity contribution in [1.82, 2.24) is 20.3 Å². The second-order valence-electron chi connectivity index (χ2n) is 4.76. The zero-order valence-corrected chi connectivity index (χ0v) is 11.7. The van der Waals surface area contributed by atoms with Crippen LogP contribution in [-0.2, 0) is 6.54 Å². The molecular weight excluding hydrogens is 254 g/mol. The molecule has 3 N–H and O–H groups in total. The Morgan fingerprint density at radius 1 is 1.40 bits per heavy atom. The van der Waals surface area contributed by atoms with Gasteiger partial charge in [-0.2, -0.15) is 0 Å². The summed E-state index contributed by atoms with van der Waals surface area (Å²) in [5.74, 6) is -0.235. The maximum absolute atomic E-state index is 12.1. The third-order valence-electron chi connectivity index (χ3n) is 3.05. The lowest BCUT2D eigenvalue weighted by Gasteiger charge is -2.13. The normalized spacial score (nSPS) is 12.2. The van der Waals surface area contributed by atoms with Gasteiger partial charge in [0.2, 0.25) is 0 Å². The molecule has 1 aromatic carbocycles. The summed E-state index contributed by atoms with van der Waals surface area (Å²) in [6.45, 7) is 4.98. The summed E-state index contributed by atoms with van der Waals surface area (Å²) in [7, 11) is 0. The van der Waals surface area contributed by atoms with E-state index in [0.29, 0.717) is 18.8 Å². The van der Waals surface area contributed by atoms with E-state index in [1.165, 1.54) is 5.56 Å². The van der Waals surface area contributed by atoms with E-state index in [2.05, 4.69) is 15.6 Å². The molecule has 1 amide bonds. The molecule has 2 rings (SSSR count). The lowest BCUT2D eigenvalue weighted by Crippen LogP contribution is -2.27. The number of aromatic nitrogens is 3. The molecule has 0 aliphatic carbocycles. The average Bonchev–Trinajstić information content (AvgIpc) is 2.88. The first kappa shape index (κ1) is 14.2. The molecular formula is C14H19N5O. The number of nitrogens with one attached hydrogen (secondary N) is 1. The maximum Gasteiger partial charge on any atom is 0.273 e. The molecule has 2 aromatic rings. The maximum atomic E-state index is 12.1. The van der Waals surface area contributed by atoms with Gasteiger partial charge in [0, 0.05) is 6.54 Å². The third kappa shape index (κ3) is 3.42. The number of amides is 1. The molecule has 20 heavy (non-hydrogen) atoms. The Hall–Kier alpha value is -2.21. The Kier molecular flexibility index (Phi) is 4.47. The van der Waals surface area contributed by atoms with Crippen molar-refractivity contribution >= 4 is 5.91 Å². The second kappa shape index (κ2) is 6.29. The molecule has 0 unspecified atom stereocenters. The monoisotopic (exact) mass is 273 g/mol. The molecule has 6 nitrogen and oxygen atoms in total. The van der Waals surface area contributed by atoms with E-state index in [4.69, 9.17) is 5.73 Å². The fraction of sp³-hybridized carbons (Fsp3) is 0.357. The molecule has 1 aromatic heterocycles. The number of nitrogens with zero attached hydrogens (tertiary/aromatic N) is 3. The van der Waals surface area contributed by atoms with Crippen LogP contribution in [0.25, 0.3) is 0 Å². The van der Waals surface area contributed by atoms with Crippen molar-refractivity contribution in [1.29, 1.82) is 0 Å². The molecule has 0 spiro atoms. The zero-order valence-electron chi connectivity index (χ0n) is 11.7. The molecule has 1 atom stereocenters. The fourth-order valence-corrected chi connectivity index (χ4v) is 1.85. The van der Waals surface area contributed by atoms with Gasteiger partial charge in [0.05, 0.1) is 18.8 Å². The number of benzene rings is 1. The first-order valence-corrected chi connectivity index (χ1v) is 6.58. The number of hydrogen-bond acceptors (Lipinski definition) is 4. The highest BCUT2D eigenvalue weighted by Gasteiger charge is 2.14. The summed E-state index contributed by atoms with van der Waals surface area (Å²) < 4.78 is 1.56. The van der Waals surface area contributed by atoms with Crippen molar-refractivity contribution in [2.75, 3.05) is 6.54 Å². The van der Waals surface area contributed by atoms with E-state index in [0.717, 1.165) is 5.56 Å². The highest BCUT2D eigenvalue weighted by atomic mass is 16.2. The van der Waals surface area contributed by atoms with Gasteiger partial charge in [0.25, 0.3) is 5.91 Å². The van der Waals surface area contributed by atoms with Crippen LogP contribution < -0.4 is 11.1 Å². The quantitative estimate of drug-likeness (QED) is 0.852. The average molecular weight is 273 g/mol. The van der Waals surface area contributed by atoms with Crippen LogP contribution in [0.5, 0.6) is 0 Å². The standard InChI is InChI=1S/C14H19N5O/c1-10-3-5-12(6-4-10)11(2)16-14(20)13-9-19(8-7-15)18-17-13/h3-6,9,11H,7-8,15H2,1-2H3,(H,16,20)/t11-/m1/s1. The number of rotatable bonds is 5. The number of hydrogen-bond donors (Lipinski definition) is 2. The largest absolute Gasteiger partial charge is 0.344 e. The molecule has 0 aliphatic rings. The van der Waals surface area contributed by atoms with Gasteiger partial charge < -0.3 is 11.1 Å². The Bertz CT molecular complexity index is 576. The summed E-state index contributed by atoms with van der Waals surface area (Å²) in [5, 5.41) is 10.6. The fourth-order valence-electron chi connectivity index (χ4n) is 1.85. The molecule has 0 bridgehead atoms. The van der Waals surface area contributed by atoms with Crippen LogP contribution >= 0.6 is 0 Å². The Morgan fingerprint density at radius 2 is 2.10 bits per heavy atom. The minimum Gasteiger partial charge on any atom is -0.344 e. The van der Waals surface area contributed by atoms with E-state index < -0.39 is 0 Å². The topological polar surface area (TPSA) is 85.8 Å². The summed E-state index contributed by atoms with van der Waals surface area (Å²) in [5.41, 5.74) is 7.97. The van der Waals surface area contributed by atoms with Crippen molar-refractivity contribution in [2.45, 2.75) is 26.4 Å². The van der Waals surface area contributed by atoms with Gasteiger partial charge in [-0.1, -0.05) is 35.0 Å². The minimum atomic E-state index is -0.235. The summed E-state index contributed by atoms with van der Waals surface area (Å²) in [4.78, 5) is 12.1. The number of carbonyl (C=O) groups is 1. The van der Waals surface area contributed by atoms with Gasteiger partial charge in [-0.05, 0) is 19.4 Å². The van der Waals surface area contributed by atoms with Gasteiger partial charge in [-0.3, -0.25) is 9.48 Å². The van der Waals surface area contributed by atoms with Gasteiger partial charge in [0.15, 0.2) is 5.69 Å². The predicted octanol–water partition coefficient (Wildman–Crippen LogP) is 1.04. The van der Waals surface area contributed by atoms with Crippen molar-refractivity contribution in [3.05, 3.63) is 47.3 Å². The van der Waals surface area contributed by atoms with Gasteiger partial charge in [-0.25, -0.2) is 0 Å². The molecule has 6 heteroatoms. The molecule has 1 heterocycles. The molecule has 0 radical (unpaired) electrons. The summed E-state index contributed by atoms with van der Waals surface area (Å²) in [6.07, 6.45) is 1.60. The highest BCUT2D eigenvalue weighted by molar-refractivity contribution is 5.92. The lowest BCUT2D eigenvalue weighted by molar-refractivity contribution is 0.0934. The smallest absolute Gasteiger partial charge is 0.273 e. The molecule has 0 aliphatic heterocycles. The Morgan fingerprint density at radius 3 is 2.75 bits per heavy atom. The number of carbonyl (C=O) groups excluding carboxylic acids is 1. The van der Waals surface area contributed by atoms with E-state index in [9.17, 15) is 4.79 Å². The van der Waals surface area contributed by atoms with Crippen LogP contribution in [0.2, 0.25) is 0 Å². The van der Waals surface area contributed by atoms with E-state index >= 15 is 0 Å². The molecule has 0 saturated heterocycles. The van der Waals surface area contributed by atoms with Gasteiger partial charge in [0.1, 0.15) is 0 Å². The Balaban J connectivity index is 2.01. The van der Waals surface area contributed by atoms with Crippen LogP contribution in [-0.4, -0.2) is 27.4 Å². The van der Waals surface area contributed by atoms with Gasteiger partial charge in [-0.15, -0.1) is 5.10 Å². The van der Waals surface area contributed by atoms with E-state index in [1.807, 2.05) is 38.1 Å². The number of aryl methyl sites for hydroxylation is 1. The summed E-state index contributed by atoms with van der Waals surface area (Å²) in [6, 6.07) is 7.98. The van der Waals surface area contributed by atoms with Crippen molar-refractivity contribution in [2.24, 2.45) is 5.73 Å². The lowest BCUT2D eigenvalue weighted by atomic mass is 10.1. The van der Waals surface area contributed by atoms with E-state index in [-0.39, 0.29) is 11.9 Å².